The van der Waals surface area contributed by atoms with Crippen LogP contribution in [0, 0.1) is 17.3 Å². The molecule has 4 rings (SSSR count). The summed E-state index contributed by atoms with van der Waals surface area (Å²) in [7, 11) is 0. The topological polar surface area (TPSA) is 24.7 Å². The van der Waals surface area contributed by atoms with Crippen molar-refractivity contribution in [2.45, 2.75) is 49.0 Å². The fraction of sp³-hybridized carbons (Fsp3) is 0.647. The Hall–Kier alpha value is -0.600. The van der Waals surface area contributed by atoms with Crippen LogP contribution in [0.4, 0.5) is 0 Å². The van der Waals surface area contributed by atoms with Crippen LogP contribution in [0.15, 0.2) is 40.6 Å². The number of halogens is 2. The second-order valence-electron chi connectivity index (χ2n) is 7.23. The molecule has 0 amide bonds. The zero-order valence-corrected chi connectivity index (χ0v) is 13.9. The van der Waals surface area contributed by atoms with Gasteiger partial charge in [0.1, 0.15) is 15.9 Å². The standard InChI is InChI=1S/C17H20Cl2N2/c1-15(2)16(11-7-4-3-5-8-11)12-9-6-10-13(12)17(15,14(18)19)21-20-16/h3-5,7-8,12-14H,6,9-10H2,1-2H3/t12-,13+,16+,17+/m0/s1. The van der Waals surface area contributed by atoms with E-state index >= 15 is 0 Å². The molecule has 1 heterocycles. The lowest BCUT2D eigenvalue weighted by Gasteiger charge is -2.42. The largest absolute Gasteiger partial charge is 0.183 e. The second kappa shape index (κ2) is 4.23. The van der Waals surface area contributed by atoms with Gasteiger partial charge in [0.2, 0.25) is 0 Å². The molecule has 2 bridgehead atoms. The lowest BCUT2D eigenvalue weighted by Crippen LogP contribution is -2.50. The van der Waals surface area contributed by atoms with Crippen LogP contribution in [0.2, 0.25) is 0 Å². The van der Waals surface area contributed by atoms with Crippen LogP contribution in [-0.2, 0) is 5.54 Å². The maximum absolute atomic E-state index is 6.48. The fourth-order valence-corrected chi connectivity index (χ4v) is 6.54. The number of alkyl halides is 2. The molecule has 3 aliphatic rings. The Labute approximate surface area is 135 Å². The van der Waals surface area contributed by atoms with Gasteiger partial charge < -0.3 is 0 Å². The minimum Gasteiger partial charge on any atom is -0.183 e. The van der Waals surface area contributed by atoms with Crippen molar-refractivity contribution < 1.29 is 0 Å². The fourth-order valence-electron chi connectivity index (χ4n) is 5.58. The van der Waals surface area contributed by atoms with Crippen LogP contribution in [0.25, 0.3) is 0 Å². The van der Waals surface area contributed by atoms with Gasteiger partial charge in [-0.1, -0.05) is 50.6 Å². The molecule has 112 valence electrons. The van der Waals surface area contributed by atoms with Gasteiger partial charge in [0.25, 0.3) is 0 Å². The van der Waals surface area contributed by atoms with E-state index in [0.717, 1.165) is 6.42 Å². The van der Waals surface area contributed by atoms with Crippen LogP contribution in [0.3, 0.4) is 0 Å². The lowest BCUT2D eigenvalue weighted by atomic mass is 9.63. The zero-order valence-electron chi connectivity index (χ0n) is 12.4. The van der Waals surface area contributed by atoms with Crippen molar-refractivity contribution >= 4 is 23.2 Å². The molecule has 0 radical (unpaired) electrons. The molecule has 2 aliphatic carbocycles. The maximum Gasteiger partial charge on any atom is 0.135 e. The van der Waals surface area contributed by atoms with Crippen molar-refractivity contribution in [2.24, 2.45) is 27.5 Å². The minimum atomic E-state index is -0.505. The predicted octanol–water partition coefficient (Wildman–Crippen LogP) is 5.35. The number of rotatable bonds is 2. The quantitative estimate of drug-likeness (QED) is 0.656. The van der Waals surface area contributed by atoms with Gasteiger partial charge in [0, 0.05) is 5.41 Å². The third-order valence-electron chi connectivity index (χ3n) is 6.49. The van der Waals surface area contributed by atoms with E-state index in [-0.39, 0.29) is 11.0 Å². The van der Waals surface area contributed by atoms with E-state index in [1.807, 2.05) is 0 Å². The maximum atomic E-state index is 6.48. The third kappa shape index (κ3) is 1.33. The summed E-state index contributed by atoms with van der Waals surface area (Å²) in [5.74, 6) is 0.956. The average Bonchev–Trinajstić information content (AvgIpc) is 3.07. The summed E-state index contributed by atoms with van der Waals surface area (Å²) in [6.45, 7) is 4.52. The number of hydrogen-bond donors (Lipinski definition) is 0. The first kappa shape index (κ1) is 14.0. The van der Waals surface area contributed by atoms with Gasteiger partial charge in [-0.15, -0.1) is 23.2 Å². The summed E-state index contributed by atoms with van der Waals surface area (Å²) in [4.78, 5) is -0.505. The molecule has 0 unspecified atom stereocenters. The molecule has 1 aliphatic heterocycles. The summed E-state index contributed by atoms with van der Waals surface area (Å²) >= 11 is 13.0. The Bertz CT molecular complexity index is 598. The Morgan fingerprint density at radius 2 is 1.71 bits per heavy atom. The first-order valence-electron chi connectivity index (χ1n) is 7.76. The summed E-state index contributed by atoms with van der Waals surface area (Å²) in [6.07, 6.45) is 3.59. The highest BCUT2D eigenvalue weighted by Gasteiger charge is 2.79. The number of fused-ring (bicyclic) bond motifs is 5. The van der Waals surface area contributed by atoms with Crippen LogP contribution in [0.5, 0.6) is 0 Å². The van der Waals surface area contributed by atoms with E-state index in [4.69, 9.17) is 33.4 Å². The van der Waals surface area contributed by atoms with Crippen molar-refractivity contribution in [1.82, 2.24) is 0 Å². The van der Waals surface area contributed by atoms with E-state index in [0.29, 0.717) is 11.8 Å². The summed E-state index contributed by atoms with van der Waals surface area (Å²) < 4.78 is 0. The van der Waals surface area contributed by atoms with Crippen LogP contribution in [-0.4, -0.2) is 10.4 Å². The molecule has 0 N–H and O–H groups in total. The van der Waals surface area contributed by atoms with Gasteiger partial charge in [0.15, 0.2) is 0 Å². The van der Waals surface area contributed by atoms with Gasteiger partial charge >= 0.3 is 0 Å². The molecule has 2 fully saturated rings. The van der Waals surface area contributed by atoms with Crippen molar-refractivity contribution in [3.8, 4) is 0 Å². The van der Waals surface area contributed by atoms with E-state index in [1.165, 1.54) is 18.4 Å². The first-order chi connectivity index (χ1) is 9.98. The smallest absolute Gasteiger partial charge is 0.135 e. The van der Waals surface area contributed by atoms with Crippen molar-refractivity contribution in [3.05, 3.63) is 35.9 Å². The SMILES string of the molecule is CC1(C)[C@]2(c3ccccc3)N=N[C@@]1(C(Cl)Cl)[C@@H]1CCC[C@@H]12. The van der Waals surface area contributed by atoms with Gasteiger partial charge in [-0.3, -0.25) is 0 Å². The molecule has 4 atom stereocenters. The molecule has 0 saturated heterocycles. The summed E-state index contributed by atoms with van der Waals surface area (Å²) in [6, 6.07) is 10.6. The first-order valence-corrected chi connectivity index (χ1v) is 8.63. The lowest BCUT2D eigenvalue weighted by molar-refractivity contribution is 0.149. The molecule has 0 spiro atoms. The van der Waals surface area contributed by atoms with E-state index in [2.05, 4.69) is 44.2 Å². The number of azo groups is 1. The molecule has 2 nitrogen and oxygen atoms in total. The summed E-state index contributed by atoms with van der Waals surface area (Å²) in [5, 5.41) is 9.59. The molecular formula is C17H20Cl2N2. The van der Waals surface area contributed by atoms with Gasteiger partial charge in [-0.05, 0) is 30.2 Å². The van der Waals surface area contributed by atoms with Crippen molar-refractivity contribution in [3.63, 3.8) is 0 Å². The Balaban J connectivity index is 1.98. The normalized spacial score (nSPS) is 42.7. The Morgan fingerprint density at radius 3 is 2.38 bits per heavy atom. The highest BCUT2D eigenvalue weighted by molar-refractivity contribution is 6.45. The molecule has 0 aromatic heterocycles. The predicted molar refractivity (Wildman–Crippen MR) is 85.8 cm³/mol. The van der Waals surface area contributed by atoms with Crippen molar-refractivity contribution in [1.29, 1.82) is 0 Å². The highest BCUT2D eigenvalue weighted by atomic mass is 35.5. The average molecular weight is 323 g/mol. The van der Waals surface area contributed by atoms with Crippen LogP contribution >= 0.6 is 23.2 Å². The number of hydrogen-bond acceptors (Lipinski definition) is 2. The van der Waals surface area contributed by atoms with E-state index in [1.54, 1.807) is 0 Å². The van der Waals surface area contributed by atoms with Crippen LogP contribution < -0.4 is 0 Å². The molecule has 1 aromatic carbocycles. The molecule has 21 heavy (non-hydrogen) atoms. The minimum absolute atomic E-state index is 0.161. The van der Waals surface area contributed by atoms with Gasteiger partial charge in [-0.25, -0.2) is 0 Å². The molecule has 1 aromatic rings. The van der Waals surface area contributed by atoms with Crippen LogP contribution in [0.1, 0.15) is 38.7 Å². The third-order valence-corrected chi connectivity index (χ3v) is 7.16. The van der Waals surface area contributed by atoms with Gasteiger partial charge in [-0.2, -0.15) is 10.2 Å². The molecule has 4 heteroatoms. The number of nitrogens with zero attached hydrogens (tertiary/aromatic N) is 2. The Kier molecular flexibility index (Phi) is 2.83. The van der Waals surface area contributed by atoms with Crippen molar-refractivity contribution in [2.75, 3.05) is 0 Å². The number of benzene rings is 1. The zero-order chi connectivity index (χ0) is 14.9. The van der Waals surface area contributed by atoms with E-state index in [9.17, 15) is 0 Å². The summed E-state index contributed by atoms with van der Waals surface area (Å²) in [5.41, 5.74) is 0.402. The molecule has 2 saturated carbocycles. The van der Waals surface area contributed by atoms with E-state index < -0.39 is 10.4 Å². The van der Waals surface area contributed by atoms with Gasteiger partial charge in [0.05, 0.1) is 0 Å². The Morgan fingerprint density at radius 1 is 1.05 bits per heavy atom. The monoisotopic (exact) mass is 322 g/mol. The highest BCUT2D eigenvalue weighted by Crippen LogP contribution is 2.75. The second-order valence-corrected chi connectivity index (χ2v) is 8.32. The molecular weight excluding hydrogens is 303 g/mol.